The van der Waals surface area contributed by atoms with E-state index in [1.807, 2.05) is 28.7 Å². The van der Waals surface area contributed by atoms with Crippen molar-refractivity contribution in [1.29, 1.82) is 0 Å². The van der Waals surface area contributed by atoms with Gasteiger partial charge < -0.3 is 19.4 Å². The van der Waals surface area contributed by atoms with E-state index >= 15 is 0 Å². The molecule has 16 aromatic carbocycles. The van der Waals surface area contributed by atoms with Gasteiger partial charge in [-0.3, -0.25) is 0 Å². The molecule has 0 aliphatic rings. The van der Waals surface area contributed by atoms with E-state index in [1.165, 1.54) is 140 Å². The van der Waals surface area contributed by atoms with Crippen molar-refractivity contribution >= 4 is 151 Å². The summed E-state index contributed by atoms with van der Waals surface area (Å²) in [5.41, 5.74) is 22.6. The number of fused-ring (bicyclic) bond motifs is 12. The molecule has 105 heavy (non-hydrogen) atoms. The third-order valence-electron chi connectivity index (χ3n) is 19.5. The van der Waals surface area contributed by atoms with E-state index in [0.717, 1.165) is 32.9 Å². The normalized spacial score (nSPS) is 11.1. The molecule has 0 unspecified atom stereocenters. The lowest BCUT2D eigenvalue weighted by Crippen LogP contribution is -2.09. The van der Waals surface area contributed by atoms with Gasteiger partial charge >= 0.3 is 0 Å². The maximum absolute atomic E-state index is 3.53. The molecule has 4 aromatic heterocycles. The second-order valence-electron chi connectivity index (χ2n) is 25.8. The van der Waals surface area contributed by atoms with Crippen LogP contribution in [0.5, 0.6) is 0 Å². The van der Waals surface area contributed by atoms with Gasteiger partial charge in [-0.15, -0.1) is 22.7 Å². The van der Waals surface area contributed by atoms with E-state index < -0.39 is 0 Å². The van der Waals surface area contributed by atoms with Gasteiger partial charge in [0.15, 0.2) is 0 Å². The highest BCUT2D eigenvalue weighted by molar-refractivity contribution is 9.10. The first-order chi connectivity index (χ1) is 51.0. The summed E-state index contributed by atoms with van der Waals surface area (Å²) in [6.07, 6.45) is 0. The summed E-state index contributed by atoms with van der Waals surface area (Å²) < 4.78 is 11.1. The summed E-state index contributed by atoms with van der Waals surface area (Å²) in [4.78, 5) is 2.38. The van der Waals surface area contributed by atoms with Crippen LogP contribution in [0.25, 0.3) is 140 Å². The molecule has 4 nitrogen and oxygen atoms in total. The van der Waals surface area contributed by atoms with Gasteiger partial charge in [0.05, 0.1) is 22.1 Å². The molecule has 0 spiro atoms. The van der Waals surface area contributed by atoms with E-state index in [2.05, 4.69) is 417 Å². The minimum atomic E-state index is 0. The van der Waals surface area contributed by atoms with E-state index in [4.69, 9.17) is 0 Å². The lowest BCUT2D eigenvalue weighted by atomic mass is 10.0. The Bertz CT molecular complexity index is 6420. The number of hydrogen-bond donors (Lipinski definition) is 1. The Morgan fingerprint density at radius 2 is 0.552 bits per heavy atom. The van der Waals surface area contributed by atoms with Crippen LogP contribution in [-0.2, 0) is 0 Å². The summed E-state index contributed by atoms with van der Waals surface area (Å²) >= 11 is 7.22. The van der Waals surface area contributed by atoms with Crippen LogP contribution in [0.2, 0.25) is 0 Å². The highest BCUT2D eigenvalue weighted by Crippen LogP contribution is 2.44. The van der Waals surface area contributed by atoms with Gasteiger partial charge in [-0.25, -0.2) is 0 Å². The fraction of sp³-hybridized carbons (Fsp3) is 0.0204. The summed E-state index contributed by atoms with van der Waals surface area (Å²) in [7, 11) is 0. The molecule has 0 atom stereocenters. The van der Waals surface area contributed by atoms with E-state index in [1.54, 1.807) is 0 Å². The van der Waals surface area contributed by atoms with Gasteiger partial charge in [0.1, 0.15) is 0 Å². The lowest BCUT2D eigenvalue weighted by Gasteiger charge is -2.26. The summed E-state index contributed by atoms with van der Waals surface area (Å²) in [5, 5.41) is 13.9. The van der Waals surface area contributed by atoms with Crippen LogP contribution in [-0.4, -0.2) is 9.13 Å². The second-order valence-corrected chi connectivity index (χ2v) is 28.9. The number of aromatic nitrogens is 2. The molecule has 504 valence electrons. The zero-order valence-electron chi connectivity index (χ0n) is 56.0. The largest absolute Gasteiger partial charge is 0.356 e. The van der Waals surface area contributed by atoms with Crippen LogP contribution >= 0.6 is 38.6 Å². The smallest absolute Gasteiger partial charge is 0.0547 e. The number of rotatable bonds is 11. The zero-order valence-corrected chi connectivity index (χ0v) is 59.2. The number of thiophene rings is 2. The predicted molar refractivity (Wildman–Crippen MR) is 461 cm³/mol. The number of benzene rings is 16. The van der Waals surface area contributed by atoms with Gasteiger partial charge in [-0.2, -0.15) is 0 Å². The number of nitrogens with zero attached hydrogens (tertiary/aromatic N) is 3. The van der Waals surface area contributed by atoms with Gasteiger partial charge in [-0.05, 0) is 190 Å². The molecule has 0 bridgehead atoms. The van der Waals surface area contributed by atoms with Crippen molar-refractivity contribution in [3.63, 3.8) is 0 Å². The Morgan fingerprint density at radius 3 is 1.03 bits per heavy atom. The van der Waals surface area contributed by atoms with E-state index in [9.17, 15) is 0 Å². The number of hydrogen-bond acceptors (Lipinski definition) is 4. The molecule has 4 heterocycles. The first kappa shape index (κ1) is 67.1. The number of nitrogens with one attached hydrogen (secondary N) is 1. The molecule has 0 radical (unpaired) electrons. The highest BCUT2D eigenvalue weighted by Gasteiger charge is 2.19. The Labute approximate surface area is 629 Å². The Hall–Kier alpha value is -12.4. The van der Waals surface area contributed by atoms with Gasteiger partial charge in [-0.1, -0.05) is 273 Å². The van der Waals surface area contributed by atoms with Crippen molar-refractivity contribution in [3.05, 3.63) is 393 Å². The molecular weight excluding hydrogens is 1380 g/mol. The van der Waals surface area contributed by atoms with Crippen molar-refractivity contribution in [1.82, 2.24) is 9.13 Å². The van der Waals surface area contributed by atoms with Crippen LogP contribution in [0.1, 0.15) is 14.9 Å². The maximum atomic E-state index is 3.53. The number of anilines is 5. The third-order valence-corrected chi connectivity index (χ3v) is 22.4. The van der Waals surface area contributed by atoms with Crippen LogP contribution < -0.4 is 10.2 Å². The first-order valence-electron chi connectivity index (χ1n) is 34.7. The summed E-state index contributed by atoms with van der Waals surface area (Å²) in [6.45, 7) is 0. The lowest BCUT2D eigenvalue weighted by molar-refractivity contribution is 1.18. The minimum absolute atomic E-state index is 0. The van der Waals surface area contributed by atoms with Crippen LogP contribution in [0.15, 0.2) is 393 Å². The van der Waals surface area contributed by atoms with Crippen LogP contribution in [0.3, 0.4) is 0 Å². The molecule has 0 saturated carbocycles. The molecule has 20 rings (SSSR count). The average molecular weight is 1450 g/mol. The fourth-order valence-corrected chi connectivity index (χ4v) is 17.0. The molecular formula is C98H73BrN4S2. The average Bonchev–Trinajstić information content (AvgIpc) is 1.61. The second kappa shape index (κ2) is 29.5. The topological polar surface area (TPSA) is 25.1 Å². The molecule has 1 N–H and O–H groups in total. The van der Waals surface area contributed by atoms with Gasteiger partial charge in [0.25, 0.3) is 0 Å². The standard InChI is InChI=1S/C48H32N2S.C24H16BrN.C24H17NS.2CH4/c1-3-11-33(12-4-1)34-19-24-38(25-20-34)49(40-28-30-48-44(32-40)43-16-8-10-18-47(43)51-48)39-26-21-35(22-27-39)36-23-29-42-41-15-7-9-17-45(41)50(46(42)31-36)37-13-5-2-6-14-37;25-19-13-10-17(11-14-19)18-12-15-22-21-8-4-5-9-23(21)26(24(22)16-18)20-6-2-1-3-7-20;1-2-6-17(7-3-1)18-10-12-19(13-11-18)25-20-14-15-24-22(16-20)21-8-4-5-9-23(21)26-24;;/h1-32H;1-16H;1-16,25H;2*1H4. The van der Waals surface area contributed by atoms with Crippen molar-refractivity contribution < 1.29 is 0 Å². The van der Waals surface area contributed by atoms with Gasteiger partial charge in [0.2, 0.25) is 0 Å². The molecule has 0 aliphatic heterocycles. The summed E-state index contributed by atoms with van der Waals surface area (Å²) in [6, 6.07) is 139. The molecule has 0 aliphatic carbocycles. The SMILES string of the molecule is Brc1ccc(-c2ccc3c4ccccc4n(-c4ccccc4)c3c2)cc1.C.C.c1ccc(-c2ccc(N(c3ccc(-c4ccc5c6ccccc6n(-c6ccccc6)c5c4)cc3)c3ccc4sc5ccccc5c4c3)cc2)cc1.c1ccc(-c2ccc(Nc3ccc4sc5ccccc5c4c3)cc2)cc1. The maximum Gasteiger partial charge on any atom is 0.0547 e. The monoisotopic (exact) mass is 1450 g/mol. The number of para-hydroxylation sites is 4. The molecule has 20 aromatic rings. The minimum Gasteiger partial charge on any atom is -0.356 e. The number of halogens is 1. The predicted octanol–water partition coefficient (Wildman–Crippen LogP) is 29.9. The Morgan fingerprint density at radius 1 is 0.229 bits per heavy atom. The van der Waals surface area contributed by atoms with Crippen molar-refractivity contribution in [3.8, 4) is 55.9 Å². The Balaban J connectivity index is 0.000000132. The molecule has 0 amide bonds. The third kappa shape index (κ3) is 13.3. The van der Waals surface area contributed by atoms with Crippen molar-refractivity contribution in [2.24, 2.45) is 0 Å². The summed E-state index contributed by atoms with van der Waals surface area (Å²) in [5.74, 6) is 0. The molecule has 7 heteroatoms. The Kier molecular flexibility index (Phi) is 18.9. The van der Waals surface area contributed by atoms with Crippen molar-refractivity contribution in [2.75, 3.05) is 10.2 Å². The first-order valence-corrected chi connectivity index (χ1v) is 37.1. The van der Waals surface area contributed by atoms with E-state index in [0.29, 0.717) is 0 Å². The molecule has 0 fully saturated rings. The van der Waals surface area contributed by atoms with E-state index in [-0.39, 0.29) is 14.9 Å². The fourth-order valence-electron chi connectivity index (χ4n) is 14.5. The molecule has 0 saturated heterocycles. The van der Waals surface area contributed by atoms with Crippen LogP contribution in [0, 0.1) is 0 Å². The van der Waals surface area contributed by atoms with Gasteiger partial charge in [0, 0.05) is 106 Å². The highest BCUT2D eigenvalue weighted by atomic mass is 79.9. The van der Waals surface area contributed by atoms with Crippen molar-refractivity contribution in [2.45, 2.75) is 14.9 Å². The quantitative estimate of drug-likeness (QED) is 0.140. The van der Waals surface area contributed by atoms with Crippen LogP contribution in [0.4, 0.5) is 28.4 Å². The zero-order chi connectivity index (χ0) is 68.6.